The van der Waals surface area contributed by atoms with Crippen LogP contribution in [0.1, 0.15) is 29.4 Å². The van der Waals surface area contributed by atoms with Crippen molar-refractivity contribution in [1.29, 1.82) is 0 Å². The van der Waals surface area contributed by atoms with Gasteiger partial charge in [-0.2, -0.15) is 18.3 Å². The van der Waals surface area contributed by atoms with Crippen molar-refractivity contribution < 1.29 is 23.1 Å². The van der Waals surface area contributed by atoms with Crippen LogP contribution in [0.5, 0.6) is 0 Å². The van der Waals surface area contributed by atoms with E-state index in [1.54, 1.807) is 13.8 Å². The number of alkyl halides is 3. The molecule has 1 unspecified atom stereocenters. The van der Waals surface area contributed by atoms with Crippen LogP contribution in [0.3, 0.4) is 0 Å². The van der Waals surface area contributed by atoms with Gasteiger partial charge < -0.3 is 5.11 Å². The molecule has 1 rings (SSSR count). The van der Waals surface area contributed by atoms with Gasteiger partial charge in [0.05, 0.1) is 12.1 Å². The molecule has 0 saturated heterocycles. The van der Waals surface area contributed by atoms with Gasteiger partial charge in [-0.15, -0.1) is 0 Å². The molecule has 1 aromatic heterocycles. The lowest BCUT2D eigenvalue weighted by molar-refractivity contribution is -0.179. The molecule has 0 radical (unpaired) electrons. The highest BCUT2D eigenvalue weighted by molar-refractivity contribution is 5.67. The molecule has 7 heteroatoms. The lowest BCUT2D eigenvalue weighted by Gasteiger charge is -2.20. The van der Waals surface area contributed by atoms with Crippen LogP contribution in [0.4, 0.5) is 13.2 Å². The number of halogens is 3. The van der Waals surface area contributed by atoms with E-state index < -0.39 is 24.6 Å². The topological polar surface area (TPSA) is 55.1 Å². The van der Waals surface area contributed by atoms with Gasteiger partial charge in [0.15, 0.2) is 6.04 Å². The fourth-order valence-electron chi connectivity index (χ4n) is 1.55. The number of hydrogen-bond donors (Lipinski definition) is 1. The molecule has 1 N–H and O–H groups in total. The molecule has 1 heterocycles. The number of hydrogen-bond acceptors (Lipinski definition) is 2. The molecule has 0 amide bonds. The van der Waals surface area contributed by atoms with Crippen LogP contribution in [0.15, 0.2) is 0 Å². The number of aromatic nitrogens is 2. The van der Waals surface area contributed by atoms with Gasteiger partial charge >= 0.3 is 12.1 Å². The molecule has 0 aliphatic heterocycles. The summed E-state index contributed by atoms with van der Waals surface area (Å²) in [5.74, 6) is -1.50. The Labute approximate surface area is 96.0 Å². The Kier molecular flexibility index (Phi) is 3.49. The summed E-state index contributed by atoms with van der Waals surface area (Å²) in [6, 6.07) is -2.12. The first-order valence-corrected chi connectivity index (χ1v) is 4.95. The summed E-state index contributed by atoms with van der Waals surface area (Å²) in [5.41, 5.74) is 1.46. The van der Waals surface area contributed by atoms with Crippen LogP contribution in [-0.4, -0.2) is 27.0 Å². The molecule has 96 valence electrons. The van der Waals surface area contributed by atoms with Gasteiger partial charge in [-0.05, 0) is 26.3 Å². The Bertz CT molecular complexity index is 437. The minimum Gasteiger partial charge on any atom is -0.481 e. The van der Waals surface area contributed by atoms with Crippen LogP contribution < -0.4 is 0 Å². The monoisotopic (exact) mass is 250 g/mol. The normalized spacial score (nSPS) is 13.8. The zero-order chi connectivity index (χ0) is 13.4. The highest BCUT2D eigenvalue weighted by Crippen LogP contribution is 2.34. The van der Waals surface area contributed by atoms with Crippen molar-refractivity contribution in [3.63, 3.8) is 0 Å². The third-order valence-electron chi connectivity index (χ3n) is 2.73. The Morgan fingerprint density at radius 2 is 1.94 bits per heavy atom. The fourth-order valence-corrected chi connectivity index (χ4v) is 1.55. The van der Waals surface area contributed by atoms with Crippen LogP contribution in [0, 0.1) is 20.8 Å². The van der Waals surface area contributed by atoms with E-state index in [0.29, 0.717) is 17.0 Å². The smallest absolute Gasteiger partial charge is 0.411 e. The molecule has 0 aliphatic carbocycles. The largest absolute Gasteiger partial charge is 0.481 e. The SMILES string of the molecule is Cc1nn(C(CC(=O)O)C(F)(F)F)c(C)c1C. The van der Waals surface area contributed by atoms with E-state index in [-0.39, 0.29) is 0 Å². The molecule has 17 heavy (non-hydrogen) atoms. The Hall–Kier alpha value is -1.53. The van der Waals surface area contributed by atoms with E-state index in [0.717, 1.165) is 4.68 Å². The molecule has 4 nitrogen and oxygen atoms in total. The van der Waals surface area contributed by atoms with Gasteiger partial charge in [-0.3, -0.25) is 9.48 Å². The van der Waals surface area contributed by atoms with E-state index in [4.69, 9.17) is 5.11 Å². The van der Waals surface area contributed by atoms with Gasteiger partial charge in [0.2, 0.25) is 0 Å². The molecule has 0 bridgehead atoms. The molecule has 0 saturated carbocycles. The molecule has 0 aromatic carbocycles. The number of aryl methyl sites for hydroxylation is 1. The number of carboxylic acids is 1. The summed E-state index contributed by atoms with van der Waals surface area (Å²) in [4.78, 5) is 10.5. The summed E-state index contributed by atoms with van der Waals surface area (Å²) >= 11 is 0. The van der Waals surface area contributed by atoms with E-state index in [9.17, 15) is 18.0 Å². The maximum Gasteiger partial charge on any atom is 0.411 e. The van der Waals surface area contributed by atoms with E-state index in [2.05, 4.69) is 5.10 Å². The van der Waals surface area contributed by atoms with Crippen LogP contribution in [0.2, 0.25) is 0 Å². The van der Waals surface area contributed by atoms with Crippen molar-refractivity contribution in [3.8, 4) is 0 Å². The van der Waals surface area contributed by atoms with Crippen molar-refractivity contribution >= 4 is 5.97 Å². The van der Waals surface area contributed by atoms with Crippen LogP contribution in [-0.2, 0) is 4.79 Å². The second-order valence-electron chi connectivity index (χ2n) is 3.90. The number of nitrogens with zero attached hydrogens (tertiary/aromatic N) is 2. The van der Waals surface area contributed by atoms with Crippen molar-refractivity contribution in [1.82, 2.24) is 9.78 Å². The van der Waals surface area contributed by atoms with E-state index in [1.807, 2.05) is 0 Å². The van der Waals surface area contributed by atoms with Crippen molar-refractivity contribution in [3.05, 3.63) is 17.0 Å². The molecule has 1 aromatic rings. The highest BCUT2D eigenvalue weighted by atomic mass is 19.4. The zero-order valence-corrected chi connectivity index (χ0v) is 9.67. The Morgan fingerprint density at radius 3 is 2.24 bits per heavy atom. The summed E-state index contributed by atoms with van der Waals surface area (Å²) in [5, 5.41) is 12.3. The maximum atomic E-state index is 12.8. The average Bonchev–Trinajstić information content (AvgIpc) is 2.40. The minimum atomic E-state index is -4.63. The second-order valence-corrected chi connectivity index (χ2v) is 3.90. The maximum absolute atomic E-state index is 12.8. The Morgan fingerprint density at radius 1 is 1.41 bits per heavy atom. The zero-order valence-electron chi connectivity index (χ0n) is 9.67. The highest BCUT2D eigenvalue weighted by Gasteiger charge is 2.43. The first-order chi connectivity index (χ1) is 7.64. The molecule has 1 atom stereocenters. The number of aliphatic carboxylic acids is 1. The summed E-state index contributed by atoms with van der Waals surface area (Å²) in [6.45, 7) is 4.74. The third-order valence-corrected chi connectivity index (χ3v) is 2.73. The fraction of sp³-hybridized carbons (Fsp3) is 0.600. The van der Waals surface area contributed by atoms with Gasteiger partial charge in [0, 0.05) is 5.69 Å². The number of carboxylic acid groups (broad SMARTS) is 1. The molecular formula is C10H13F3N2O2. The number of rotatable bonds is 3. The van der Waals surface area contributed by atoms with Crippen molar-refractivity contribution in [2.45, 2.75) is 39.4 Å². The predicted molar refractivity (Wildman–Crippen MR) is 53.8 cm³/mol. The van der Waals surface area contributed by atoms with Gasteiger partial charge in [0.25, 0.3) is 0 Å². The minimum absolute atomic E-state index is 0.339. The van der Waals surface area contributed by atoms with Crippen molar-refractivity contribution in [2.75, 3.05) is 0 Å². The molecule has 0 spiro atoms. The van der Waals surface area contributed by atoms with Gasteiger partial charge in [-0.25, -0.2) is 0 Å². The quantitative estimate of drug-likeness (QED) is 0.896. The Balaban J connectivity index is 3.22. The lowest BCUT2D eigenvalue weighted by Crippen LogP contribution is -2.30. The lowest BCUT2D eigenvalue weighted by atomic mass is 10.2. The summed E-state index contributed by atoms with van der Waals surface area (Å²) < 4.78 is 39.0. The second kappa shape index (κ2) is 4.38. The van der Waals surface area contributed by atoms with E-state index in [1.165, 1.54) is 6.92 Å². The molecule has 0 fully saturated rings. The standard InChI is InChI=1S/C10H13F3N2O2/c1-5-6(2)14-15(7(5)3)8(4-9(16)17)10(11,12)13/h8H,4H2,1-3H3,(H,16,17). The van der Waals surface area contributed by atoms with Gasteiger partial charge in [-0.1, -0.05) is 0 Å². The van der Waals surface area contributed by atoms with E-state index >= 15 is 0 Å². The number of carbonyl (C=O) groups is 1. The first-order valence-electron chi connectivity index (χ1n) is 4.95. The molecule has 0 aliphatic rings. The summed E-state index contributed by atoms with van der Waals surface area (Å²) in [6.07, 6.45) is -5.65. The average molecular weight is 250 g/mol. The van der Waals surface area contributed by atoms with Gasteiger partial charge in [0.1, 0.15) is 0 Å². The third kappa shape index (κ3) is 2.78. The first kappa shape index (κ1) is 13.5. The van der Waals surface area contributed by atoms with Crippen LogP contribution in [0.25, 0.3) is 0 Å². The van der Waals surface area contributed by atoms with Crippen molar-refractivity contribution in [2.24, 2.45) is 0 Å². The van der Waals surface area contributed by atoms with Crippen LogP contribution >= 0.6 is 0 Å². The molecular weight excluding hydrogens is 237 g/mol. The predicted octanol–water partition coefficient (Wildman–Crippen LogP) is 2.39. The summed E-state index contributed by atoms with van der Waals surface area (Å²) in [7, 11) is 0.